The Morgan fingerprint density at radius 3 is 1.86 bits per heavy atom. The van der Waals surface area contributed by atoms with Gasteiger partial charge in [-0.1, -0.05) is 0 Å². The number of ketones is 2. The molecule has 0 heterocycles. The van der Waals surface area contributed by atoms with Crippen LogP contribution in [-0.4, -0.2) is 37.5 Å². The molecule has 0 amide bonds. The van der Waals surface area contributed by atoms with Gasteiger partial charge in [0.1, 0.15) is 20.2 Å². The fourth-order valence-electron chi connectivity index (χ4n) is 2.64. The Bertz CT molecular complexity index is 1240. The standard InChI is InChI=1S/C14H8INO8S2.2K/c15-8-4-9(26(22,23)24)12(16)11-10(8)14(18)7-3-5(25(19,20)21)1-2-6(7)13(11)17;;/h1-4H,16H2,(H,19,20,21)(H,22,23,24);;/q;2*+1/p-2. The molecular weight excluding hydrogens is 579 g/mol. The van der Waals surface area contributed by atoms with E-state index in [0.29, 0.717) is 0 Å². The normalized spacial score (nSPS) is 13.1. The summed E-state index contributed by atoms with van der Waals surface area (Å²) in [6.45, 7) is 0. The van der Waals surface area contributed by atoms with E-state index in [1.807, 2.05) is 0 Å². The molecule has 0 atom stereocenters. The van der Waals surface area contributed by atoms with Crippen LogP contribution in [0.5, 0.6) is 0 Å². The molecule has 14 heteroatoms. The Balaban J connectivity index is 0.00000196. The number of hydrogen-bond donors (Lipinski definition) is 1. The van der Waals surface area contributed by atoms with Crippen LogP contribution >= 0.6 is 22.6 Å². The van der Waals surface area contributed by atoms with Crippen molar-refractivity contribution in [2.45, 2.75) is 9.79 Å². The summed E-state index contributed by atoms with van der Waals surface area (Å²) >= 11 is 1.56. The molecule has 0 bridgehead atoms. The second-order valence-corrected chi connectivity index (χ2v) is 9.18. The van der Waals surface area contributed by atoms with Gasteiger partial charge in [0.05, 0.1) is 21.0 Å². The average Bonchev–Trinajstić information content (AvgIpc) is 2.51. The summed E-state index contributed by atoms with van der Waals surface area (Å²) in [5.74, 6) is -1.67. The van der Waals surface area contributed by atoms with Gasteiger partial charge < -0.3 is 14.8 Å². The fourth-order valence-corrected chi connectivity index (χ4v) is 4.81. The van der Waals surface area contributed by atoms with Crippen LogP contribution in [-0.2, 0) is 20.2 Å². The molecule has 9 nitrogen and oxygen atoms in total. The maximum absolute atomic E-state index is 12.7. The molecule has 2 aromatic rings. The van der Waals surface area contributed by atoms with Gasteiger partial charge in [0.2, 0.25) is 0 Å². The van der Waals surface area contributed by atoms with Crippen LogP contribution in [0.2, 0.25) is 0 Å². The van der Waals surface area contributed by atoms with Crippen molar-refractivity contribution in [3.63, 3.8) is 0 Å². The number of hydrogen-bond acceptors (Lipinski definition) is 9. The number of halogens is 1. The van der Waals surface area contributed by atoms with Crippen molar-refractivity contribution >= 4 is 60.1 Å². The molecule has 0 fully saturated rings. The van der Waals surface area contributed by atoms with Gasteiger partial charge in [-0.05, 0) is 46.9 Å². The van der Waals surface area contributed by atoms with Crippen molar-refractivity contribution in [1.29, 1.82) is 0 Å². The molecule has 0 saturated carbocycles. The molecule has 136 valence electrons. The summed E-state index contributed by atoms with van der Waals surface area (Å²) in [5.41, 5.74) is 3.74. The Kier molecular flexibility index (Phi) is 9.30. The Morgan fingerprint density at radius 2 is 1.36 bits per heavy atom. The third-order valence-electron chi connectivity index (χ3n) is 3.77. The molecular formula is C14H6IK2NO8S2. The van der Waals surface area contributed by atoms with E-state index in [2.05, 4.69) is 0 Å². The molecule has 28 heavy (non-hydrogen) atoms. The van der Waals surface area contributed by atoms with Crippen LogP contribution in [0.15, 0.2) is 34.1 Å². The smallest absolute Gasteiger partial charge is 0.744 e. The third-order valence-corrected chi connectivity index (χ3v) is 6.33. The number of rotatable bonds is 2. The molecule has 0 aliphatic heterocycles. The van der Waals surface area contributed by atoms with Gasteiger partial charge >= 0.3 is 103 Å². The van der Waals surface area contributed by atoms with Crippen LogP contribution in [0.1, 0.15) is 31.8 Å². The van der Waals surface area contributed by atoms with Crippen molar-refractivity contribution in [3.05, 3.63) is 50.1 Å². The summed E-state index contributed by atoms with van der Waals surface area (Å²) < 4.78 is 67.5. The van der Waals surface area contributed by atoms with E-state index in [0.717, 1.165) is 24.3 Å². The number of fused-ring (bicyclic) bond motifs is 2. The van der Waals surface area contributed by atoms with Gasteiger partial charge in [0.25, 0.3) is 0 Å². The average molecular weight is 585 g/mol. The van der Waals surface area contributed by atoms with Gasteiger partial charge in [0.15, 0.2) is 11.6 Å². The zero-order valence-electron chi connectivity index (χ0n) is 14.3. The van der Waals surface area contributed by atoms with Crippen molar-refractivity contribution in [2.24, 2.45) is 0 Å². The molecule has 1 aliphatic rings. The van der Waals surface area contributed by atoms with Gasteiger partial charge in [-0.2, -0.15) is 0 Å². The summed E-state index contributed by atoms with van der Waals surface area (Å²) in [4.78, 5) is 23.9. The molecule has 0 spiro atoms. The molecule has 0 saturated heterocycles. The minimum atomic E-state index is -5.00. The van der Waals surface area contributed by atoms with Gasteiger partial charge in [-0.15, -0.1) is 0 Å². The van der Waals surface area contributed by atoms with Crippen LogP contribution < -0.4 is 109 Å². The first kappa shape index (κ1) is 27.4. The van der Waals surface area contributed by atoms with Crippen molar-refractivity contribution < 1.29 is 138 Å². The number of nitrogen functional groups attached to an aromatic ring is 1. The molecule has 3 rings (SSSR count). The molecule has 0 unspecified atom stereocenters. The van der Waals surface area contributed by atoms with Crippen molar-refractivity contribution in [1.82, 2.24) is 0 Å². The topological polar surface area (TPSA) is 175 Å². The first-order valence-electron chi connectivity index (χ1n) is 6.61. The summed E-state index contributed by atoms with van der Waals surface area (Å²) in [6.07, 6.45) is 0. The summed E-state index contributed by atoms with van der Waals surface area (Å²) in [6, 6.07) is 3.47. The van der Waals surface area contributed by atoms with Gasteiger partial charge in [-0.3, -0.25) is 9.59 Å². The molecule has 0 radical (unpaired) electrons. The number of anilines is 1. The Morgan fingerprint density at radius 1 is 0.821 bits per heavy atom. The second kappa shape index (κ2) is 9.49. The number of benzene rings is 2. The quantitative estimate of drug-likeness (QED) is 0.133. The largest absolute Gasteiger partial charge is 1.00 e. The van der Waals surface area contributed by atoms with Crippen LogP contribution in [0.4, 0.5) is 5.69 Å². The predicted octanol–water partition coefficient (Wildman–Crippen LogP) is -5.53. The van der Waals surface area contributed by atoms with E-state index in [9.17, 15) is 35.5 Å². The molecule has 2 aromatic carbocycles. The Hall–Kier alpha value is 1.40. The maximum atomic E-state index is 12.7. The first-order chi connectivity index (χ1) is 11.8. The molecule has 2 N–H and O–H groups in total. The number of carbonyl (C=O) groups excluding carboxylic acids is 2. The SMILES string of the molecule is Nc1c(S(=O)(=O)[O-])cc(I)c2c1C(=O)c1ccc(S(=O)(=O)[O-])cc1C2=O.[K+].[K+]. The van der Waals surface area contributed by atoms with Gasteiger partial charge in [0, 0.05) is 20.3 Å². The van der Waals surface area contributed by atoms with E-state index in [1.165, 1.54) is 0 Å². The summed E-state index contributed by atoms with van der Waals surface area (Å²) in [5, 5.41) is 0. The van der Waals surface area contributed by atoms with Crippen LogP contribution in [0, 0.1) is 3.57 Å². The summed E-state index contributed by atoms with van der Waals surface area (Å²) in [7, 11) is -9.86. The zero-order chi connectivity index (χ0) is 19.6. The van der Waals surface area contributed by atoms with E-state index in [4.69, 9.17) is 5.73 Å². The minimum Gasteiger partial charge on any atom is -0.744 e. The third kappa shape index (κ3) is 4.91. The fraction of sp³-hybridized carbons (Fsp3) is 0. The van der Waals surface area contributed by atoms with Crippen LogP contribution in [0.3, 0.4) is 0 Å². The van der Waals surface area contributed by atoms with Gasteiger partial charge in [-0.25, -0.2) is 16.8 Å². The Labute approximate surface area is 258 Å². The predicted molar refractivity (Wildman–Crippen MR) is 92.8 cm³/mol. The van der Waals surface area contributed by atoms with E-state index >= 15 is 0 Å². The maximum Gasteiger partial charge on any atom is 1.00 e. The van der Waals surface area contributed by atoms with Crippen molar-refractivity contribution in [2.75, 3.05) is 5.73 Å². The zero-order valence-corrected chi connectivity index (χ0v) is 24.4. The first-order valence-corrected chi connectivity index (χ1v) is 10.5. The van der Waals surface area contributed by atoms with E-state index in [1.54, 1.807) is 22.6 Å². The molecule has 0 aromatic heterocycles. The second-order valence-electron chi connectivity index (χ2n) is 5.29. The minimum absolute atomic E-state index is 0. The van der Waals surface area contributed by atoms with Crippen molar-refractivity contribution in [3.8, 4) is 0 Å². The van der Waals surface area contributed by atoms with E-state index in [-0.39, 0.29) is 123 Å². The van der Waals surface area contributed by atoms with Crippen LogP contribution in [0.25, 0.3) is 0 Å². The number of nitrogens with two attached hydrogens (primary N) is 1. The monoisotopic (exact) mass is 585 g/mol. The molecule has 1 aliphatic carbocycles. The van der Waals surface area contributed by atoms with E-state index < -0.39 is 52.8 Å². The number of carbonyl (C=O) groups is 2.